The molecule has 2 atom stereocenters. The third-order valence-electron chi connectivity index (χ3n) is 3.94. The minimum Gasteiger partial charge on any atom is -0.481 e. The first kappa shape index (κ1) is 14.2. The number of benzene rings is 1. The Bertz CT molecular complexity index is 708. The number of carbonyl (C=O) groups excluding carboxylic acids is 1. The molecule has 22 heavy (non-hydrogen) atoms. The molecule has 0 spiro atoms. The van der Waals surface area contributed by atoms with E-state index in [4.69, 9.17) is 5.11 Å². The first-order valence-corrected chi connectivity index (χ1v) is 7.04. The number of aromatic nitrogens is 3. The van der Waals surface area contributed by atoms with Crippen LogP contribution in [-0.4, -0.2) is 31.7 Å². The molecule has 0 bridgehead atoms. The predicted octanol–water partition coefficient (Wildman–Crippen LogP) is 1.53. The second-order valence-electron chi connectivity index (χ2n) is 5.44. The molecule has 1 aliphatic carbocycles. The van der Waals surface area contributed by atoms with Crippen molar-refractivity contribution in [1.29, 1.82) is 0 Å². The summed E-state index contributed by atoms with van der Waals surface area (Å²) in [6.07, 6.45) is 2.81. The van der Waals surface area contributed by atoms with Crippen molar-refractivity contribution in [3.05, 3.63) is 30.6 Å². The summed E-state index contributed by atoms with van der Waals surface area (Å²) >= 11 is 0. The number of hydrogen-bond donors (Lipinski definition) is 2. The summed E-state index contributed by atoms with van der Waals surface area (Å²) in [5.41, 5.74) is 1.49. The first-order valence-electron chi connectivity index (χ1n) is 7.04. The molecule has 1 aliphatic rings. The Hall–Kier alpha value is -2.70. The number of hydrogen-bond acceptors (Lipinski definition) is 4. The molecule has 2 aromatic rings. The second-order valence-corrected chi connectivity index (χ2v) is 5.44. The van der Waals surface area contributed by atoms with Gasteiger partial charge in [0.25, 0.3) is 0 Å². The third-order valence-corrected chi connectivity index (χ3v) is 3.94. The maximum absolute atomic E-state index is 12.1. The number of anilines is 1. The van der Waals surface area contributed by atoms with Crippen LogP contribution in [0.1, 0.15) is 12.8 Å². The van der Waals surface area contributed by atoms with Gasteiger partial charge in [-0.05, 0) is 37.1 Å². The largest absolute Gasteiger partial charge is 0.481 e. The fourth-order valence-electron chi connectivity index (χ4n) is 2.52. The predicted molar refractivity (Wildman–Crippen MR) is 78.9 cm³/mol. The molecule has 3 rings (SSSR count). The van der Waals surface area contributed by atoms with Gasteiger partial charge < -0.3 is 10.4 Å². The lowest BCUT2D eigenvalue weighted by molar-refractivity contribution is -0.151. The van der Waals surface area contributed by atoms with Crippen LogP contribution < -0.4 is 5.32 Å². The van der Waals surface area contributed by atoms with Crippen molar-refractivity contribution in [3.63, 3.8) is 0 Å². The normalized spacial score (nSPS) is 20.2. The summed E-state index contributed by atoms with van der Waals surface area (Å²) in [6.45, 7) is 0. The number of carboxylic acids is 1. The lowest BCUT2D eigenvalue weighted by Gasteiger charge is -2.31. The van der Waals surface area contributed by atoms with Crippen LogP contribution in [0.4, 0.5) is 5.69 Å². The number of aryl methyl sites for hydroxylation is 1. The van der Waals surface area contributed by atoms with Crippen molar-refractivity contribution in [1.82, 2.24) is 14.8 Å². The summed E-state index contributed by atoms with van der Waals surface area (Å²) < 4.78 is 1.62. The average molecular weight is 300 g/mol. The van der Waals surface area contributed by atoms with Gasteiger partial charge in [-0.25, -0.2) is 4.98 Å². The van der Waals surface area contributed by atoms with E-state index in [-0.39, 0.29) is 5.91 Å². The Morgan fingerprint density at radius 1 is 1.23 bits per heavy atom. The van der Waals surface area contributed by atoms with Crippen molar-refractivity contribution >= 4 is 17.6 Å². The van der Waals surface area contributed by atoms with E-state index in [1.165, 1.54) is 0 Å². The number of aliphatic carboxylic acids is 1. The van der Waals surface area contributed by atoms with Gasteiger partial charge in [0.2, 0.25) is 5.91 Å². The van der Waals surface area contributed by atoms with Crippen LogP contribution in [0.15, 0.2) is 30.6 Å². The summed E-state index contributed by atoms with van der Waals surface area (Å²) in [4.78, 5) is 27.2. The van der Waals surface area contributed by atoms with E-state index in [2.05, 4.69) is 15.4 Å². The van der Waals surface area contributed by atoms with Crippen molar-refractivity contribution in [2.24, 2.45) is 18.9 Å². The molecule has 0 saturated heterocycles. The number of nitrogens with zero attached hydrogens (tertiary/aromatic N) is 3. The van der Waals surface area contributed by atoms with E-state index in [9.17, 15) is 9.59 Å². The van der Waals surface area contributed by atoms with Crippen molar-refractivity contribution in [2.75, 3.05) is 5.32 Å². The first-order chi connectivity index (χ1) is 10.5. The van der Waals surface area contributed by atoms with Gasteiger partial charge in [0.1, 0.15) is 6.33 Å². The summed E-state index contributed by atoms with van der Waals surface area (Å²) in [5.74, 6) is -1.51. The van der Waals surface area contributed by atoms with E-state index in [0.717, 1.165) is 5.56 Å². The minimum atomic E-state index is -0.900. The molecule has 0 radical (unpaired) electrons. The molecule has 1 aromatic heterocycles. The maximum atomic E-state index is 12.1. The lowest BCUT2D eigenvalue weighted by atomic mass is 9.73. The molecular formula is C15H16N4O3. The van der Waals surface area contributed by atoms with Crippen molar-refractivity contribution in [3.8, 4) is 11.4 Å². The molecule has 1 saturated carbocycles. The number of carbonyl (C=O) groups is 2. The van der Waals surface area contributed by atoms with Gasteiger partial charge in [0, 0.05) is 18.3 Å². The van der Waals surface area contributed by atoms with Crippen LogP contribution in [0, 0.1) is 11.8 Å². The van der Waals surface area contributed by atoms with E-state index < -0.39 is 17.8 Å². The molecule has 114 valence electrons. The number of carboxylic acid groups (broad SMARTS) is 1. The smallest absolute Gasteiger partial charge is 0.307 e. The van der Waals surface area contributed by atoms with Crippen LogP contribution in [0.3, 0.4) is 0 Å². The third kappa shape index (κ3) is 2.69. The Balaban J connectivity index is 1.66. The molecule has 7 nitrogen and oxygen atoms in total. The Morgan fingerprint density at radius 3 is 2.41 bits per heavy atom. The number of amides is 1. The van der Waals surface area contributed by atoms with Crippen molar-refractivity contribution < 1.29 is 14.7 Å². The minimum absolute atomic E-state index is 0.234. The highest BCUT2D eigenvalue weighted by Crippen LogP contribution is 2.35. The molecule has 2 N–H and O–H groups in total. The molecule has 7 heteroatoms. The molecule has 1 fully saturated rings. The fraction of sp³-hybridized carbons (Fsp3) is 0.333. The van der Waals surface area contributed by atoms with Gasteiger partial charge in [0.15, 0.2) is 5.82 Å². The van der Waals surface area contributed by atoms with Gasteiger partial charge in [0.05, 0.1) is 11.8 Å². The van der Waals surface area contributed by atoms with E-state index >= 15 is 0 Å². The molecular weight excluding hydrogens is 284 g/mol. The molecule has 0 aliphatic heterocycles. The Kier molecular flexibility index (Phi) is 3.62. The SMILES string of the molecule is Cn1cnc(-c2ccc(NC(=O)C3CCC3C(=O)O)cc2)n1. The van der Waals surface area contributed by atoms with E-state index in [1.54, 1.807) is 30.2 Å². The highest BCUT2D eigenvalue weighted by Gasteiger charge is 2.41. The molecule has 2 unspecified atom stereocenters. The van der Waals surface area contributed by atoms with Gasteiger partial charge in [-0.1, -0.05) is 0 Å². The van der Waals surface area contributed by atoms with Crippen LogP contribution in [0.2, 0.25) is 0 Å². The van der Waals surface area contributed by atoms with Gasteiger partial charge >= 0.3 is 5.97 Å². The van der Waals surface area contributed by atoms with Crippen molar-refractivity contribution in [2.45, 2.75) is 12.8 Å². The fourth-order valence-corrected chi connectivity index (χ4v) is 2.52. The van der Waals surface area contributed by atoms with Gasteiger partial charge in [-0.2, -0.15) is 5.10 Å². The zero-order valence-electron chi connectivity index (χ0n) is 12.1. The summed E-state index contributed by atoms with van der Waals surface area (Å²) in [5, 5.41) is 16.0. The van der Waals surface area contributed by atoms with Crippen LogP contribution in [-0.2, 0) is 16.6 Å². The standard InChI is InChI=1S/C15H16N4O3/c1-19-8-16-13(18-19)9-2-4-10(5-3-9)17-14(20)11-6-7-12(11)15(21)22/h2-5,8,11-12H,6-7H2,1H3,(H,17,20)(H,21,22). The van der Waals surface area contributed by atoms with Crippen LogP contribution in [0.5, 0.6) is 0 Å². The number of rotatable bonds is 4. The lowest BCUT2D eigenvalue weighted by Crippen LogP contribution is -2.41. The zero-order chi connectivity index (χ0) is 15.7. The summed E-state index contributed by atoms with van der Waals surface area (Å²) in [7, 11) is 1.79. The molecule has 1 heterocycles. The van der Waals surface area contributed by atoms with E-state index in [1.807, 2.05) is 12.1 Å². The Morgan fingerprint density at radius 2 is 1.91 bits per heavy atom. The monoisotopic (exact) mass is 300 g/mol. The van der Waals surface area contributed by atoms with Crippen LogP contribution in [0.25, 0.3) is 11.4 Å². The van der Waals surface area contributed by atoms with Gasteiger partial charge in [-0.15, -0.1) is 0 Å². The van der Waals surface area contributed by atoms with E-state index in [0.29, 0.717) is 24.4 Å². The number of nitrogens with one attached hydrogen (secondary N) is 1. The highest BCUT2D eigenvalue weighted by atomic mass is 16.4. The second kappa shape index (κ2) is 5.59. The Labute approximate surface area is 127 Å². The average Bonchev–Trinajstić information content (AvgIpc) is 2.84. The maximum Gasteiger partial charge on any atom is 0.307 e. The topological polar surface area (TPSA) is 97.1 Å². The highest BCUT2D eigenvalue weighted by molar-refractivity contribution is 5.96. The quantitative estimate of drug-likeness (QED) is 0.892. The summed E-state index contributed by atoms with van der Waals surface area (Å²) in [6, 6.07) is 7.16. The van der Waals surface area contributed by atoms with Gasteiger partial charge in [-0.3, -0.25) is 14.3 Å². The molecule has 1 aromatic carbocycles. The molecule has 1 amide bonds. The van der Waals surface area contributed by atoms with Crippen LogP contribution >= 0.6 is 0 Å². The zero-order valence-corrected chi connectivity index (χ0v) is 12.1.